The summed E-state index contributed by atoms with van der Waals surface area (Å²) in [5, 5.41) is 6.12. The second-order valence-corrected chi connectivity index (χ2v) is 4.35. The van der Waals surface area contributed by atoms with Crippen molar-refractivity contribution >= 4 is 23.3 Å². The molecule has 0 radical (unpaired) electrons. The normalized spacial score (nSPS) is 17.6. The van der Waals surface area contributed by atoms with Crippen LogP contribution in [-0.2, 0) is 0 Å². The highest BCUT2D eigenvalue weighted by molar-refractivity contribution is 7.80. The van der Waals surface area contributed by atoms with Crippen molar-refractivity contribution < 1.29 is 14.2 Å². The number of guanidine groups is 1. The Labute approximate surface area is 122 Å². The van der Waals surface area contributed by atoms with Gasteiger partial charge in [-0.1, -0.05) is 0 Å². The van der Waals surface area contributed by atoms with Crippen LogP contribution in [0, 0.1) is 0 Å². The fourth-order valence-corrected chi connectivity index (χ4v) is 2.18. The molecule has 7 nitrogen and oxygen atoms in total. The molecule has 108 valence electrons. The van der Waals surface area contributed by atoms with Gasteiger partial charge in [-0.05, 0) is 24.4 Å². The summed E-state index contributed by atoms with van der Waals surface area (Å²) < 4.78 is 16.0. The van der Waals surface area contributed by atoms with Gasteiger partial charge in [0.25, 0.3) is 0 Å². The first-order chi connectivity index (χ1) is 9.60. The predicted octanol–water partition coefficient (Wildman–Crippen LogP) is 0.503. The topological polar surface area (TPSA) is 90.1 Å². The second kappa shape index (κ2) is 5.83. The minimum absolute atomic E-state index is 0.246. The maximum atomic E-state index is 5.69. The van der Waals surface area contributed by atoms with E-state index < -0.39 is 6.17 Å². The first-order valence-corrected chi connectivity index (χ1v) is 6.21. The number of methoxy groups -OCH3 is 3. The molecule has 1 atom stereocenters. The number of nitrogens with two attached hydrogens (primary N) is 1. The van der Waals surface area contributed by atoms with E-state index in [1.165, 1.54) is 0 Å². The van der Waals surface area contributed by atoms with Gasteiger partial charge in [0.15, 0.2) is 28.7 Å². The van der Waals surface area contributed by atoms with Crippen LogP contribution in [0.1, 0.15) is 11.7 Å². The van der Waals surface area contributed by atoms with Crippen LogP contribution in [0.2, 0.25) is 0 Å². The molecule has 0 amide bonds. The van der Waals surface area contributed by atoms with Crippen molar-refractivity contribution in [2.45, 2.75) is 6.17 Å². The highest BCUT2D eigenvalue weighted by Gasteiger charge is 2.25. The maximum Gasteiger partial charge on any atom is 0.203 e. The molecule has 1 heterocycles. The van der Waals surface area contributed by atoms with E-state index in [1.807, 2.05) is 6.07 Å². The lowest BCUT2D eigenvalue weighted by atomic mass is 10.1. The molecule has 0 unspecified atom stereocenters. The number of hydrogen-bond donors (Lipinski definition) is 3. The van der Waals surface area contributed by atoms with Crippen molar-refractivity contribution in [2.24, 2.45) is 10.7 Å². The van der Waals surface area contributed by atoms with Crippen molar-refractivity contribution in [1.29, 1.82) is 0 Å². The molecule has 4 N–H and O–H groups in total. The molecular formula is C12H16N4O3S. The third-order valence-electron chi connectivity index (χ3n) is 2.81. The van der Waals surface area contributed by atoms with Crippen molar-refractivity contribution in [3.8, 4) is 17.2 Å². The van der Waals surface area contributed by atoms with Gasteiger partial charge in [0.2, 0.25) is 5.75 Å². The minimum atomic E-state index is -0.446. The number of benzene rings is 1. The van der Waals surface area contributed by atoms with Gasteiger partial charge in [-0.25, -0.2) is 4.99 Å². The minimum Gasteiger partial charge on any atom is -0.493 e. The van der Waals surface area contributed by atoms with Gasteiger partial charge in [0.05, 0.1) is 21.3 Å². The van der Waals surface area contributed by atoms with E-state index in [4.69, 9.17) is 32.2 Å². The zero-order valence-electron chi connectivity index (χ0n) is 11.4. The van der Waals surface area contributed by atoms with Gasteiger partial charge in [-0.15, -0.1) is 0 Å². The van der Waals surface area contributed by atoms with E-state index in [2.05, 4.69) is 15.6 Å². The molecule has 0 bridgehead atoms. The Hall–Kier alpha value is -2.22. The smallest absolute Gasteiger partial charge is 0.203 e. The quantitative estimate of drug-likeness (QED) is 0.697. The summed E-state index contributed by atoms with van der Waals surface area (Å²) >= 11 is 5.07. The monoisotopic (exact) mass is 296 g/mol. The average molecular weight is 296 g/mol. The number of thiocarbonyl (C=S) groups is 1. The maximum absolute atomic E-state index is 5.69. The van der Waals surface area contributed by atoms with Crippen LogP contribution in [-0.4, -0.2) is 32.4 Å². The standard InChI is InChI=1S/C12H16N4O3S/c1-17-7-5-4-6(8(18-2)9(7)19-3)10-14-11(13)16-12(20)15-10/h4-5,10H,1-3H3,(H4,13,14,15,16,20)/t10-/m0/s1. The van der Waals surface area contributed by atoms with Crippen LogP contribution in [0.4, 0.5) is 0 Å². The van der Waals surface area contributed by atoms with Gasteiger partial charge in [-0.2, -0.15) is 0 Å². The zero-order chi connectivity index (χ0) is 14.7. The molecule has 20 heavy (non-hydrogen) atoms. The van der Waals surface area contributed by atoms with Crippen LogP contribution in [0.5, 0.6) is 17.2 Å². The molecule has 1 aromatic carbocycles. The number of nitrogens with one attached hydrogen (secondary N) is 2. The molecule has 1 aliphatic heterocycles. The SMILES string of the molecule is COc1ccc([C@H]2N=C(N)NC(=S)N2)c(OC)c1OC. The Kier molecular flexibility index (Phi) is 4.14. The molecule has 0 aromatic heterocycles. The highest BCUT2D eigenvalue weighted by Crippen LogP contribution is 2.42. The summed E-state index contributed by atoms with van der Waals surface area (Å²) in [6.45, 7) is 0. The highest BCUT2D eigenvalue weighted by atomic mass is 32.1. The largest absolute Gasteiger partial charge is 0.493 e. The van der Waals surface area contributed by atoms with Gasteiger partial charge in [-0.3, -0.25) is 0 Å². The van der Waals surface area contributed by atoms with Crippen LogP contribution >= 0.6 is 12.2 Å². The molecule has 1 aliphatic rings. The van der Waals surface area contributed by atoms with Gasteiger partial charge in [0, 0.05) is 5.56 Å². The van der Waals surface area contributed by atoms with E-state index >= 15 is 0 Å². The molecule has 0 saturated carbocycles. The van der Waals surface area contributed by atoms with E-state index in [9.17, 15) is 0 Å². The number of rotatable bonds is 4. The summed E-state index contributed by atoms with van der Waals surface area (Å²) in [4.78, 5) is 4.25. The summed E-state index contributed by atoms with van der Waals surface area (Å²) in [7, 11) is 4.65. The third kappa shape index (κ3) is 2.55. The van der Waals surface area contributed by atoms with Gasteiger partial charge < -0.3 is 30.6 Å². The first kappa shape index (κ1) is 14.2. The Morgan fingerprint density at radius 2 is 1.85 bits per heavy atom. The fraction of sp³-hybridized carbons (Fsp3) is 0.333. The van der Waals surface area contributed by atoms with Crippen molar-refractivity contribution in [2.75, 3.05) is 21.3 Å². The van der Waals surface area contributed by atoms with E-state index in [0.29, 0.717) is 22.4 Å². The predicted molar refractivity (Wildman–Crippen MR) is 79.3 cm³/mol. The van der Waals surface area contributed by atoms with Crippen LogP contribution in [0.3, 0.4) is 0 Å². The molecule has 0 saturated heterocycles. The molecule has 0 spiro atoms. The Bertz CT molecular complexity index is 562. The number of nitrogens with zero attached hydrogens (tertiary/aromatic N) is 1. The lowest BCUT2D eigenvalue weighted by molar-refractivity contribution is 0.320. The van der Waals surface area contributed by atoms with Crippen LogP contribution in [0.15, 0.2) is 17.1 Å². The third-order valence-corrected chi connectivity index (χ3v) is 3.03. The molecule has 2 rings (SSSR count). The van der Waals surface area contributed by atoms with Crippen LogP contribution in [0.25, 0.3) is 0 Å². The Morgan fingerprint density at radius 3 is 2.40 bits per heavy atom. The molecular weight excluding hydrogens is 280 g/mol. The number of aliphatic imine (C=N–C) groups is 1. The van der Waals surface area contributed by atoms with E-state index in [0.717, 1.165) is 5.56 Å². The first-order valence-electron chi connectivity index (χ1n) is 5.80. The van der Waals surface area contributed by atoms with Crippen molar-refractivity contribution in [3.63, 3.8) is 0 Å². The lowest BCUT2D eigenvalue weighted by Gasteiger charge is -2.25. The van der Waals surface area contributed by atoms with E-state index in [1.54, 1.807) is 27.4 Å². The Balaban J connectivity index is 2.51. The average Bonchev–Trinajstić information content (AvgIpc) is 2.44. The Morgan fingerprint density at radius 1 is 1.15 bits per heavy atom. The number of ether oxygens (including phenoxy) is 3. The van der Waals surface area contributed by atoms with Gasteiger partial charge >= 0.3 is 0 Å². The summed E-state index contributed by atoms with van der Waals surface area (Å²) in [6.07, 6.45) is -0.446. The zero-order valence-corrected chi connectivity index (χ0v) is 12.2. The summed E-state index contributed by atoms with van der Waals surface area (Å²) in [5.74, 6) is 1.83. The lowest BCUT2D eigenvalue weighted by Crippen LogP contribution is -2.49. The second-order valence-electron chi connectivity index (χ2n) is 3.94. The van der Waals surface area contributed by atoms with E-state index in [-0.39, 0.29) is 5.96 Å². The molecule has 1 aromatic rings. The van der Waals surface area contributed by atoms with Crippen molar-refractivity contribution in [3.05, 3.63) is 17.7 Å². The van der Waals surface area contributed by atoms with Gasteiger partial charge in [0.1, 0.15) is 0 Å². The molecule has 0 fully saturated rings. The number of hydrogen-bond acceptors (Lipinski definition) is 6. The molecule has 8 heteroatoms. The molecule has 0 aliphatic carbocycles. The fourth-order valence-electron chi connectivity index (χ4n) is 1.97. The summed E-state index contributed by atoms with van der Waals surface area (Å²) in [6, 6.07) is 3.59. The van der Waals surface area contributed by atoms with Crippen LogP contribution < -0.4 is 30.6 Å². The van der Waals surface area contributed by atoms with Crippen molar-refractivity contribution in [1.82, 2.24) is 10.6 Å². The summed E-state index contributed by atoms with van der Waals surface area (Å²) in [5.41, 5.74) is 6.43.